The number of imidazole rings is 1. The Morgan fingerprint density at radius 1 is 1.23 bits per heavy atom. The van der Waals surface area contributed by atoms with Gasteiger partial charge >= 0.3 is 12.1 Å². The lowest BCUT2D eigenvalue weighted by Crippen LogP contribution is -2.41. The summed E-state index contributed by atoms with van der Waals surface area (Å²) in [7, 11) is 1.89. The summed E-state index contributed by atoms with van der Waals surface area (Å²) in [6, 6.07) is 3.33. The Kier molecular flexibility index (Phi) is 7.93. The maximum Gasteiger partial charge on any atom is 0.416 e. The summed E-state index contributed by atoms with van der Waals surface area (Å²) in [4.78, 5) is 36.2. The second-order valence-electron chi connectivity index (χ2n) is 9.50. The monoisotopic (exact) mass is 511 g/mol. The molecule has 3 rings (SSSR count). The molecule has 0 saturated carbocycles. The third-order valence-electron chi connectivity index (χ3n) is 5.35. The fraction of sp³-hybridized carbons (Fsp3) is 0.565. The topological polar surface area (TPSA) is 101 Å². The van der Waals surface area contributed by atoms with Gasteiger partial charge in [-0.3, -0.25) is 9.69 Å². The minimum absolute atomic E-state index is 0.0873. The predicted molar refractivity (Wildman–Crippen MR) is 129 cm³/mol. The zero-order chi connectivity index (χ0) is 26.0. The summed E-state index contributed by atoms with van der Waals surface area (Å²) in [5, 5.41) is 10.2. The number of rotatable bonds is 7. The van der Waals surface area contributed by atoms with Crippen molar-refractivity contribution in [2.24, 2.45) is 7.05 Å². The van der Waals surface area contributed by atoms with Crippen LogP contribution >= 0.6 is 11.8 Å². The molecule has 0 spiro atoms. The number of aryl methyl sites for hydroxylation is 2. The molecule has 12 heteroatoms. The van der Waals surface area contributed by atoms with Crippen molar-refractivity contribution in [3.8, 4) is 0 Å². The standard InChI is InChI=1S/C23H31F2N5O4S/c1-15-26-19(12-28(15)5)35-14-16-10-17(29-8-6-23(24,25)7-9-29)11-18(27-16)30(13-20(31)32)21(33)34-22(2,3)4/h10-12H,6-9,13-14H2,1-5H3,(H,31,32). The minimum atomic E-state index is -2.71. The lowest BCUT2D eigenvalue weighted by Gasteiger charge is -2.34. The molecule has 0 bridgehead atoms. The first kappa shape index (κ1) is 26.7. The van der Waals surface area contributed by atoms with Crippen molar-refractivity contribution in [3.63, 3.8) is 0 Å². The smallest absolute Gasteiger partial charge is 0.416 e. The number of aromatic nitrogens is 3. The van der Waals surface area contributed by atoms with Crippen LogP contribution in [0.4, 0.5) is 25.1 Å². The molecule has 3 heterocycles. The van der Waals surface area contributed by atoms with Crippen molar-refractivity contribution in [2.45, 2.75) is 62.8 Å². The number of piperidine rings is 1. The molecule has 35 heavy (non-hydrogen) atoms. The third-order valence-corrected chi connectivity index (χ3v) is 6.28. The molecule has 1 N–H and O–H groups in total. The summed E-state index contributed by atoms with van der Waals surface area (Å²) in [6.45, 7) is 6.53. The first-order valence-corrected chi connectivity index (χ1v) is 12.2. The van der Waals surface area contributed by atoms with E-state index in [-0.39, 0.29) is 31.7 Å². The van der Waals surface area contributed by atoms with E-state index in [0.29, 0.717) is 17.1 Å². The fourth-order valence-corrected chi connectivity index (χ4v) is 4.35. The van der Waals surface area contributed by atoms with Gasteiger partial charge in [-0.25, -0.2) is 23.5 Å². The minimum Gasteiger partial charge on any atom is -0.480 e. The van der Waals surface area contributed by atoms with E-state index in [2.05, 4.69) is 9.97 Å². The average Bonchev–Trinajstić information content (AvgIpc) is 3.06. The number of ether oxygens (including phenoxy) is 1. The van der Waals surface area contributed by atoms with Crippen LogP contribution in [0.15, 0.2) is 23.4 Å². The van der Waals surface area contributed by atoms with Crippen LogP contribution in [0.25, 0.3) is 0 Å². The van der Waals surface area contributed by atoms with Gasteiger partial charge in [-0.05, 0) is 33.8 Å². The van der Waals surface area contributed by atoms with Crippen LogP contribution in [0.5, 0.6) is 0 Å². The Balaban J connectivity index is 1.95. The molecule has 0 atom stereocenters. The lowest BCUT2D eigenvalue weighted by atomic mass is 10.1. The molecule has 2 aromatic rings. The Morgan fingerprint density at radius 3 is 2.43 bits per heavy atom. The molecule has 1 aliphatic heterocycles. The van der Waals surface area contributed by atoms with Crippen LogP contribution in [0, 0.1) is 6.92 Å². The summed E-state index contributed by atoms with van der Waals surface area (Å²) < 4.78 is 34.8. The molecule has 1 saturated heterocycles. The highest BCUT2D eigenvalue weighted by Gasteiger charge is 2.35. The molecule has 0 radical (unpaired) electrons. The van der Waals surface area contributed by atoms with Crippen LogP contribution in [0.2, 0.25) is 0 Å². The average molecular weight is 512 g/mol. The second kappa shape index (κ2) is 10.4. The SMILES string of the molecule is Cc1nc(SCc2cc(N3CCC(F)(F)CC3)cc(N(CC(=O)O)C(=O)OC(C)(C)C)n2)cn1C. The molecule has 192 valence electrons. The maximum absolute atomic E-state index is 13.7. The number of alkyl halides is 2. The third kappa shape index (κ3) is 7.55. The Hall–Kier alpha value is -2.89. The number of aliphatic carboxylic acids is 1. The van der Waals surface area contributed by atoms with E-state index >= 15 is 0 Å². The normalized spacial score (nSPS) is 15.7. The van der Waals surface area contributed by atoms with Gasteiger partial charge in [0.05, 0.1) is 5.69 Å². The Morgan fingerprint density at radius 2 is 1.89 bits per heavy atom. The van der Waals surface area contributed by atoms with Gasteiger partial charge in [0.1, 0.15) is 28.8 Å². The van der Waals surface area contributed by atoms with Crippen LogP contribution in [-0.2, 0) is 22.3 Å². The van der Waals surface area contributed by atoms with Crippen molar-refractivity contribution >= 4 is 35.3 Å². The number of amides is 1. The van der Waals surface area contributed by atoms with E-state index in [1.165, 1.54) is 11.8 Å². The maximum atomic E-state index is 13.7. The number of anilines is 2. The zero-order valence-corrected chi connectivity index (χ0v) is 21.4. The van der Waals surface area contributed by atoms with Crippen LogP contribution in [0.3, 0.4) is 0 Å². The second-order valence-corrected chi connectivity index (χ2v) is 10.5. The molecule has 1 amide bonds. The molecule has 0 aromatic carbocycles. The van der Waals surface area contributed by atoms with Crippen LogP contribution in [0.1, 0.15) is 45.1 Å². The highest BCUT2D eigenvalue weighted by molar-refractivity contribution is 7.98. The van der Waals surface area contributed by atoms with Gasteiger partial charge in [-0.1, -0.05) is 11.8 Å². The number of nitrogens with zero attached hydrogens (tertiary/aromatic N) is 5. The van der Waals surface area contributed by atoms with Crippen molar-refractivity contribution in [2.75, 3.05) is 29.4 Å². The van der Waals surface area contributed by atoms with E-state index in [1.807, 2.05) is 24.7 Å². The van der Waals surface area contributed by atoms with Crippen molar-refractivity contribution in [1.82, 2.24) is 14.5 Å². The number of halogens is 2. The lowest BCUT2D eigenvalue weighted by molar-refractivity contribution is -0.135. The van der Waals surface area contributed by atoms with E-state index in [1.54, 1.807) is 37.8 Å². The summed E-state index contributed by atoms with van der Waals surface area (Å²) in [6.07, 6.45) is 0.461. The van der Waals surface area contributed by atoms with Gasteiger partial charge in [0.25, 0.3) is 5.92 Å². The van der Waals surface area contributed by atoms with Gasteiger partial charge in [0.15, 0.2) is 0 Å². The van der Waals surface area contributed by atoms with Crippen LogP contribution < -0.4 is 9.80 Å². The van der Waals surface area contributed by atoms with Gasteiger partial charge in [-0.15, -0.1) is 0 Å². The number of carbonyl (C=O) groups excluding carboxylic acids is 1. The predicted octanol–water partition coefficient (Wildman–Crippen LogP) is 4.48. The van der Waals surface area contributed by atoms with E-state index in [9.17, 15) is 23.5 Å². The Labute approximate surface area is 207 Å². The summed E-state index contributed by atoms with van der Waals surface area (Å²) >= 11 is 1.43. The number of pyridine rings is 1. The molecular formula is C23H31F2N5O4S. The Bertz CT molecular complexity index is 1060. The molecule has 1 aliphatic rings. The van der Waals surface area contributed by atoms with Crippen LogP contribution in [-0.4, -0.2) is 62.9 Å². The molecule has 0 aliphatic carbocycles. The highest BCUT2D eigenvalue weighted by atomic mass is 32.2. The quantitative estimate of drug-likeness (QED) is 0.543. The molecule has 9 nitrogen and oxygen atoms in total. The molecule has 0 unspecified atom stereocenters. The van der Waals surface area contributed by atoms with E-state index < -0.39 is 30.1 Å². The molecular weight excluding hydrogens is 480 g/mol. The summed E-state index contributed by atoms with van der Waals surface area (Å²) in [5.74, 6) is -2.63. The number of hydrogen-bond acceptors (Lipinski definition) is 7. The largest absolute Gasteiger partial charge is 0.480 e. The molecule has 2 aromatic heterocycles. The van der Waals surface area contributed by atoms with Gasteiger partial charge in [-0.2, -0.15) is 0 Å². The summed E-state index contributed by atoms with van der Waals surface area (Å²) in [5.41, 5.74) is 0.304. The van der Waals surface area contributed by atoms with Crippen molar-refractivity contribution < 1.29 is 28.2 Å². The van der Waals surface area contributed by atoms with Gasteiger partial charge in [0.2, 0.25) is 0 Å². The number of thioether (sulfide) groups is 1. The zero-order valence-electron chi connectivity index (χ0n) is 20.5. The van der Waals surface area contributed by atoms with E-state index in [0.717, 1.165) is 15.8 Å². The van der Waals surface area contributed by atoms with E-state index in [4.69, 9.17) is 4.74 Å². The fourth-order valence-electron chi connectivity index (χ4n) is 3.48. The number of carbonyl (C=O) groups is 2. The van der Waals surface area contributed by atoms with Crippen molar-refractivity contribution in [3.05, 3.63) is 29.8 Å². The van der Waals surface area contributed by atoms with Gasteiger partial charge < -0.3 is 19.3 Å². The van der Waals surface area contributed by atoms with Crippen molar-refractivity contribution in [1.29, 1.82) is 0 Å². The van der Waals surface area contributed by atoms with Gasteiger partial charge in [0, 0.05) is 56.7 Å². The number of carboxylic acids is 1. The number of carboxylic acid groups (broad SMARTS) is 1. The first-order valence-electron chi connectivity index (χ1n) is 11.2. The first-order chi connectivity index (χ1) is 16.2. The molecule has 1 fully saturated rings. The number of hydrogen-bond donors (Lipinski definition) is 1. The highest BCUT2D eigenvalue weighted by Crippen LogP contribution is 2.33.